The van der Waals surface area contributed by atoms with Gasteiger partial charge in [-0.3, -0.25) is 9.24 Å². The molecule has 11 heteroatoms. The van der Waals surface area contributed by atoms with Gasteiger partial charge in [0.1, 0.15) is 5.82 Å². The Morgan fingerprint density at radius 2 is 1.90 bits per heavy atom. The van der Waals surface area contributed by atoms with Crippen molar-refractivity contribution >= 4 is 34.5 Å². The van der Waals surface area contributed by atoms with Crippen LogP contribution in [0, 0.1) is 6.92 Å². The van der Waals surface area contributed by atoms with Crippen molar-refractivity contribution in [1.29, 1.82) is 0 Å². The topological polar surface area (TPSA) is 143 Å². The number of aryl methyl sites for hydroxylation is 1. The van der Waals surface area contributed by atoms with E-state index in [0.29, 0.717) is 35.9 Å². The van der Waals surface area contributed by atoms with Gasteiger partial charge in [-0.1, -0.05) is 0 Å². The molecule has 0 saturated carbocycles. The van der Waals surface area contributed by atoms with Gasteiger partial charge in [0, 0.05) is 13.1 Å². The standard InChI is InChI=1S/C20H27N7O4/c1-12-24-25-17-16(21-9-5-6-10-22-19(30)26-31-20(2,3)4)23-14-11-13(18(28)29)7-8-15(14)27(12)17/h7-8,11H,5-6,9-10H2,1-4H3,(H,21,23)(H,28,29)(H2,22,26,30). The van der Waals surface area contributed by atoms with Crippen molar-refractivity contribution in [2.24, 2.45) is 0 Å². The molecule has 1 aromatic carbocycles. The fraction of sp³-hybridized carbons (Fsp3) is 0.450. The van der Waals surface area contributed by atoms with Crippen molar-refractivity contribution < 1.29 is 19.5 Å². The van der Waals surface area contributed by atoms with Gasteiger partial charge >= 0.3 is 12.0 Å². The Morgan fingerprint density at radius 3 is 2.61 bits per heavy atom. The maximum Gasteiger partial charge on any atom is 0.338 e. The Labute approximate surface area is 179 Å². The number of unbranched alkanes of at least 4 members (excludes halogenated alkanes) is 1. The molecule has 0 fully saturated rings. The van der Waals surface area contributed by atoms with E-state index in [2.05, 4.69) is 31.3 Å². The summed E-state index contributed by atoms with van der Waals surface area (Å²) in [6.07, 6.45) is 1.52. The maximum absolute atomic E-state index is 11.7. The molecule has 0 aliphatic heterocycles. The zero-order valence-corrected chi connectivity index (χ0v) is 18.0. The van der Waals surface area contributed by atoms with Gasteiger partial charge in [0.2, 0.25) is 5.65 Å². The van der Waals surface area contributed by atoms with Crippen LogP contribution in [-0.2, 0) is 4.84 Å². The van der Waals surface area contributed by atoms with Gasteiger partial charge in [0.15, 0.2) is 5.82 Å². The molecule has 0 spiro atoms. The Hall–Kier alpha value is -3.47. The van der Waals surface area contributed by atoms with E-state index in [-0.39, 0.29) is 11.6 Å². The number of hydroxylamine groups is 1. The van der Waals surface area contributed by atoms with Crippen LogP contribution in [0.15, 0.2) is 18.2 Å². The molecular formula is C20H27N7O4. The monoisotopic (exact) mass is 429 g/mol. The zero-order chi connectivity index (χ0) is 22.6. The maximum atomic E-state index is 11.7. The second kappa shape index (κ2) is 9.13. The number of aromatic nitrogens is 4. The van der Waals surface area contributed by atoms with E-state index < -0.39 is 11.6 Å². The SMILES string of the molecule is Cc1nnc2c(NCCCCNC(=O)NOC(C)(C)C)nc3cc(C(=O)O)ccc3n12. The van der Waals surface area contributed by atoms with Crippen LogP contribution in [0.4, 0.5) is 10.6 Å². The number of carboxylic acid groups (broad SMARTS) is 1. The predicted octanol–water partition coefficient (Wildman–Crippen LogP) is 2.51. The first kappa shape index (κ1) is 22.2. The summed E-state index contributed by atoms with van der Waals surface area (Å²) in [6.45, 7) is 8.45. The van der Waals surface area contributed by atoms with Crippen LogP contribution in [0.3, 0.4) is 0 Å². The minimum Gasteiger partial charge on any atom is -0.478 e. The summed E-state index contributed by atoms with van der Waals surface area (Å²) in [5.74, 6) is 0.198. The first-order valence-electron chi connectivity index (χ1n) is 10.0. The van der Waals surface area contributed by atoms with Crippen LogP contribution in [-0.4, -0.2) is 55.4 Å². The van der Waals surface area contributed by atoms with Crippen molar-refractivity contribution in [3.63, 3.8) is 0 Å². The van der Waals surface area contributed by atoms with Gasteiger partial charge in [-0.15, -0.1) is 10.2 Å². The van der Waals surface area contributed by atoms with E-state index in [1.54, 1.807) is 6.07 Å². The average Bonchev–Trinajstić information content (AvgIpc) is 3.10. The number of urea groups is 1. The molecule has 11 nitrogen and oxygen atoms in total. The lowest BCUT2D eigenvalue weighted by molar-refractivity contribution is -0.0528. The van der Waals surface area contributed by atoms with Crippen molar-refractivity contribution in [3.05, 3.63) is 29.6 Å². The van der Waals surface area contributed by atoms with Gasteiger partial charge in [-0.05, 0) is 58.7 Å². The highest BCUT2D eigenvalue weighted by atomic mass is 16.7. The van der Waals surface area contributed by atoms with Crippen molar-refractivity contribution in [2.45, 2.75) is 46.1 Å². The average molecular weight is 429 g/mol. The van der Waals surface area contributed by atoms with E-state index in [0.717, 1.165) is 18.4 Å². The van der Waals surface area contributed by atoms with Crippen molar-refractivity contribution in [3.8, 4) is 0 Å². The van der Waals surface area contributed by atoms with Crippen LogP contribution in [0.25, 0.3) is 16.7 Å². The van der Waals surface area contributed by atoms with Crippen molar-refractivity contribution in [2.75, 3.05) is 18.4 Å². The van der Waals surface area contributed by atoms with E-state index in [1.165, 1.54) is 12.1 Å². The Balaban J connectivity index is 1.60. The molecule has 2 amide bonds. The summed E-state index contributed by atoms with van der Waals surface area (Å²) < 4.78 is 1.84. The minimum absolute atomic E-state index is 0.163. The largest absolute Gasteiger partial charge is 0.478 e. The van der Waals surface area contributed by atoms with Crippen LogP contribution >= 0.6 is 0 Å². The second-order valence-corrected chi connectivity index (χ2v) is 8.08. The molecule has 0 bridgehead atoms. The lowest BCUT2D eigenvalue weighted by Gasteiger charge is -2.19. The number of carbonyl (C=O) groups excluding carboxylic acids is 1. The molecule has 2 aromatic heterocycles. The van der Waals surface area contributed by atoms with Crippen LogP contribution < -0.4 is 16.1 Å². The number of rotatable bonds is 8. The molecular weight excluding hydrogens is 402 g/mol. The Morgan fingerprint density at radius 1 is 1.16 bits per heavy atom. The number of anilines is 1. The quantitative estimate of drug-likeness (QED) is 0.316. The summed E-state index contributed by atoms with van der Waals surface area (Å²) in [4.78, 5) is 32.7. The molecule has 0 saturated heterocycles. The fourth-order valence-corrected chi connectivity index (χ4v) is 2.92. The summed E-state index contributed by atoms with van der Waals surface area (Å²) >= 11 is 0. The summed E-state index contributed by atoms with van der Waals surface area (Å²) in [5, 5.41) is 23.6. The molecule has 4 N–H and O–H groups in total. The summed E-state index contributed by atoms with van der Waals surface area (Å²) in [6, 6.07) is 4.39. The minimum atomic E-state index is -1.01. The van der Waals surface area contributed by atoms with E-state index >= 15 is 0 Å². The first-order chi connectivity index (χ1) is 14.7. The van der Waals surface area contributed by atoms with E-state index in [9.17, 15) is 14.7 Å². The van der Waals surface area contributed by atoms with Crippen LogP contribution in [0.5, 0.6) is 0 Å². The number of benzene rings is 1. The Kier molecular flexibility index (Phi) is 6.54. The van der Waals surface area contributed by atoms with Crippen molar-refractivity contribution in [1.82, 2.24) is 30.4 Å². The van der Waals surface area contributed by atoms with Gasteiger partial charge < -0.3 is 15.7 Å². The molecule has 0 aliphatic carbocycles. The highest BCUT2D eigenvalue weighted by Crippen LogP contribution is 2.22. The third-order valence-electron chi connectivity index (χ3n) is 4.36. The number of hydrogen-bond donors (Lipinski definition) is 4. The predicted molar refractivity (Wildman–Crippen MR) is 115 cm³/mol. The number of aromatic carboxylic acids is 1. The van der Waals surface area contributed by atoms with Gasteiger partial charge in [0.05, 0.1) is 22.2 Å². The molecule has 0 aliphatic rings. The summed E-state index contributed by atoms with van der Waals surface area (Å²) in [5.41, 5.74) is 3.91. The lowest BCUT2D eigenvalue weighted by atomic mass is 10.2. The van der Waals surface area contributed by atoms with E-state index in [4.69, 9.17) is 4.84 Å². The van der Waals surface area contributed by atoms with E-state index in [1.807, 2.05) is 32.1 Å². The summed E-state index contributed by atoms with van der Waals surface area (Å²) in [7, 11) is 0. The van der Waals surface area contributed by atoms with Crippen LogP contribution in [0.1, 0.15) is 49.8 Å². The highest BCUT2D eigenvalue weighted by molar-refractivity contribution is 5.93. The molecule has 3 aromatic rings. The number of fused-ring (bicyclic) bond motifs is 3. The molecule has 3 rings (SSSR count). The fourth-order valence-electron chi connectivity index (χ4n) is 2.92. The number of carboxylic acids is 1. The van der Waals surface area contributed by atoms with Gasteiger partial charge in [-0.2, -0.15) is 0 Å². The number of amides is 2. The smallest absolute Gasteiger partial charge is 0.338 e. The van der Waals surface area contributed by atoms with Crippen LogP contribution in [0.2, 0.25) is 0 Å². The molecule has 0 unspecified atom stereocenters. The number of nitrogens with zero attached hydrogens (tertiary/aromatic N) is 4. The third kappa shape index (κ3) is 5.57. The van der Waals surface area contributed by atoms with Gasteiger partial charge in [0.25, 0.3) is 0 Å². The normalized spacial score (nSPS) is 11.6. The molecule has 166 valence electrons. The second-order valence-electron chi connectivity index (χ2n) is 8.08. The third-order valence-corrected chi connectivity index (χ3v) is 4.36. The van der Waals surface area contributed by atoms with Gasteiger partial charge in [-0.25, -0.2) is 20.1 Å². The highest BCUT2D eigenvalue weighted by Gasteiger charge is 2.15. The number of carbonyl (C=O) groups is 2. The Bertz CT molecular complexity index is 1100. The molecule has 0 atom stereocenters. The lowest BCUT2D eigenvalue weighted by Crippen LogP contribution is -2.40. The first-order valence-corrected chi connectivity index (χ1v) is 10.0. The zero-order valence-electron chi connectivity index (χ0n) is 18.0. The molecule has 31 heavy (non-hydrogen) atoms. The molecule has 0 radical (unpaired) electrons. The number of hydrogen-bond acceptors (Lipinski definition) is 7. The molecule has 2 heterocycles. The number of nitrogens with one attached hydrogen (secondary N) is 3.